The van der Waals surface area contributed by atoms with Crippen LogP contribution in [0.25, 0.3) is 0 Å². The number of nitrogens with zero attached hydrogens (tertiary/aromatic N) is 2. The molecule has 0 saturated carbocycles. The van der Waals surface area contributed by atoms with Gasteiger partial charge in [0.1, 0.15) is 5.00 Å². The number of thiophene rings is 1. The van der Waals surface area contributed by atoms with Crippen LogP contribution < -0.4 is 31.9 Å². The third-order valence-electron chi connectivity index (χ3n) is 5.66. The summed E-state index contributed by atoms with van der Waals surface area (Å²) >= 11 is 3.39. The second-order valence-electron chi connectivity index (χ2n) is 8.36. The van der Waals surface area contributed by atoms with Gasteiger partial charge in [-0.05, 0) is 86.8 Å². The predicted molar refractivity (Wildman–Crippen MR) is 148 cm³/mol. The summed E-state index contributed by atoms with van der Waals surface area (Å²) in [5.41, 5.74) is 19.4. The Morgan fingerprint density at radius 3 is 2.26 bits per heavy atom. The molecule has 1 aliphatic rings. The summed E-state index contributed by atoms with van der Waals surface area (Å²) in [6.07, 6.45) is 2.59. The molecule has 176 valence electrons. The van der Waals surface area contributed by atoms with Gasteiger partial charge in [0.05, 0.1) is 27.8 Å². The molecule has 0 bridgehead atoms. The van der Waals surface area contributed by atoms with Gasteiger partial charge >= 0.3 is 0 Å². The maximum atomic E-state index is 4.44. The molecule has 2 aromatic heterocycles. The highest BCUT2D eigenvalue weighted by atomic mass is 32.1. The normalized spacial score (nSPS) is 13.1. The number of hydrogen-bond acceptors (Lipinski definition) is 9. The zero-order valence-electron chi connectivity index (χ0n) is 19.3. The minimum atomic E-state index is 0.904. The lowest BCUT2D eigenvalue weighted by Gasteiger charge is -2.15. The lowest BCUT2D eigenvalue weighted by Crippen LogP contribution is -2.15. The van der Waals surface area contributed by atoms with Crippen LogP contribution in [-0.2, 0) is 0 Å². The summed E-state index contributed by atoms with van der Waals surface area (Å²) < 4.78 is 0. The number of aryl methyl sites for hydroxylation is 2. The molecule has 0 radical (unpaired) electrons. The third-order valence-corrected chi connectivity index (χ3v) is 7.60. The van der Waals surface area contributed by atoms with Crippen LogP contribution in [0.3, 0.4) is 0 Å². The van der Waals surface area contributed by atoms with E-state index in [1.165, 1.54) is 30.9 Å². The average molecular weight is 492 g/mol. The molecule has 0 unspecified atom stereocenters. The van der Waals surface area contributed by atoms with Crippen molar-refractivity contribution in [2.24, 2.45) is 0 Å². The molecule has 5 N–H and O–H groups in total. The molecule has 1 aliphatic heterocycles. The van der Waals surface area contributed by atoms with Gasteiger partial charge in [0.25, 0.3) is 0 Å². The fourth-order valence-corrected chi connectivity index (χ4v) is 5.45. The Hall–Kier alpha value is -3.43. The number of anilines is 7. The van der Waals surface area contributed by atoms with Gasteiger partial charge in [-0.3, -0.25) is 5.43 Å². The van der Waals surface area contributed by atoms with E-state index < -0.39 is 0 Å². The predicted octanol–water partition coefficient (Wildman–Crippen LogP) is 7.04. The van der Waals surface area contributed by atoms with Crippen LogP contribution >= 0.6 is 22.7 Å². The van der Waals surface area contributed by atoms with Gasteiger partial charge in [0.2, 0.25) is 0 Å². The monoisotopic (exact) mass is 491 g/mol. The molecule has 3 heterocycles. The molecule has 0 amide bonds. The summed E-state index contributed by atoms with van der Waals surface area (Å²) in [6, 6.07) is 18.7. The van der Waals surface area contributed by atoms with Crippen LogP contribution in [0.4, 0.5) is 37.9 Å². The molecular weight excluding hydrogens is 462 g/mol. The second kappa shape index (κ2) is 10.2. The highest BCUT2D eigenvalue weighted by Crippen LogP contribution is 2.32. The molecule has 1 saturated heterocycles. The van der Waals surface area contributed by atoms with E-state index in [9.17, 15) is 0 Å². The summed E-state index contributed by atoms with van der Waals surface area (Å²) in [4.78, 5) is 6.89. The van der Waals surface area contributed by atoms with Crippen LogP contribution in [0.5, 0.6) is 0 Å². The highest BCUT2D eigenvalue weighted by Gasteiger charge is 2.14. The highest BCUT2D eigenvalue weighted by molar-refractivity contribution is 7.20. The molecule has 2 aromatic carbocycles. The minimum Gasteiger partial charge on any atom is -0.363 e. The maximum Gasteiger partial charge on any atom is 0.187 e. The van der Waals surface area contributed by atoms with Crippen molar-refractivity contribution in [1.29, 1.82) is 0 Å². The van der Waals surface area contributed by atoms with Gasteiger partial charge in [0, 0.05) is 24.2 Å². The Morgan fingerprint density at radius 1 is 0.794 bits per heavy atom. The van der Waals surface area contributed by atoms with Gasteiger partial charge in [-0.25, -0.2) is 4.98 Å². The molecule has 5 rings (SSSR count). The van der Waals surface area contributed by atoms with E-state index >= 15 is 0 Å². The SMILES string of the molecule is Cc1csc(Nc2ccc(NNc3ccc(NNc4ccc(N5CCCC5)s4)cc3C)cc2)n1. The molecule has 7 nitrogen and oxygen atoms in total. The Balaban J connectivity index is 1.12. The lowest BCUT2D eigenvalue weighted by atomic mass is 10.2. The van der Waals surface area contributed by atoms with Crippen molar-refractivity contribution in [1.82, 2.24) is 4.98 Å². The molecule has 34 heavy (non-hydrogen) atoms. The van der Waals surface area contributed by atoms with Crippen molar-refractivity contribution in [2.75, 3.05) is 45.0 Å². The van der Waals surface area contributed by atoms with Crippen LogP contribution in [0.2, 0.25) is 0 Å². The van der Waals surface area contributed by atoms with Crippen LogP contribution in [-0.4, -0.2) is 18.1 Å². The van der Waals surface area contributed by atoms with Gasteiger partial charge in [-0.2, -0.15) is 0 Å². The smallest absolute Gasteiger partial charge is 0.187 e. The molecular formula is C25H29N7S2. The first-order chi connectivity index (χ1) is 16.6. The molecule has 0 spiro atoms. The summed E-state index contributed by atoms with van der Waals surface area (Å²) in [7, 11) is 0. The van der Waals surface area contributed by atoms with Crippen molar-refractivity contribution in [3.05, 3.63) is 71.2 Å². The molecule has 9 heteroatoms. The Kier molecular flexibility index (Phi) is 6.73. The van der Waals surface area contributed by atoms with E-state index in [0.29, 0.717) is 0 Å². The number of hydrogen-bond donors (Lipinski definition) is 5. The van der Waals surface area contributed by atoms with Gasteiger partial charge < -0.3 is 26.5 Å². The van der Waals surface area contributed by atoms with Crippen molar-refractivity contribution in [2.45, 2.75) is 26.7 Å². The summed E-state index contributed by atoms with van der Waals surface area (Å²) in [6.45, 7) is 6.43. The first-order valence-corrected chi connectivity index (χ1v) is 13.1. The third kappa shape index (κ3) is 5.55. The van der Waals surface area contributed by atoms with Crippen molar-refractivity contribution < 1.29 is 0 Å². The van der Waals surface area contributed by atoms with E-state index in [1.54, 1.807) is 22.7 Å². The fraction of sp³-hybridized carbons (Fsp3) is 0.240. The van der Waals surface area contributed by atoms with E-state index in [-0.39, 0.29) is 0 Å². The van der Waals surface area contributed by atoms with Crippen LogP contribution in [0, 0.1) is 13.8 Å². The fourth-order valence-electron chi connectivity index (χ4n) is 3.83. The van der Waals surface area contributed by atoms with E-state index in [1.807, 2.05) is 36.6 Å². The Labute approximate surface area is 208 Å². The first-order valence-electron chi connectivity index (χ1n) is 11.4. The topological polar surface area (TPSA) is 76.3 Å². The zero-order valence-corrected chi connectivity index (χ0v) is 20.9. The van der Waals surface area contributed by atoms with E-state index in [4.69, 9.17) is 0 Å². The summed E-state index contributed by atoms with van der Waals surface area (Å²) in [5.74, 6) is 0. The first kappa shape index (κ1) is 22.4. The van der Waals surface area contributed by atoms with Crippen LogP contribution in [0.15, 0.2) is 60.0 Å². The number of benzene rings is 2. The average Bonchev–Trinajstić information content (AvgIpc) is 3.60. The molecule has 0 atom stereocenters. The van der Waals surface area contributed by atoms with Crippen molar-refractivity contribution in [3.8, 4) is 0 Å². The van der Waals surface area contributed by atoms with Crippen molar-refractivity contribution in [3.63, 3.8) is 0 Å². The van der Waals surface area contributed by atoms with E-state index in [0.717, 1.165) is 44.1 Å². The standard InChI is InChI=1S/C25H29N7S2/c1-17-15-21(29-31-23-11-12-24(34-23)32-13-3-4-14-32)9-10-22(17)30-28-20-7-5-19(6-8-20)27-25-26-18(2)16-33-25/h5-12,15-16,28-31H,3-4,13-14H2,1-2H3,(H,26,27). The largest absolute Gasteiger partial charge is 0.363 e. The Morgan fingerprint density at radius 2 is 1.53 bits per heavy atom. The number of rotatable bonds is 9. The van der Waals surface area contributed by atoms with Gasteiger partial charge in [0.15, 0.2) is 5.13 Å². The zero-order chi connectivity index (χ0) is 23.3. The number of thiazole rings is 1. The van der Waals surface area contributed by atoms with Crippen LogP contribution in [0.1, 0.15) is 24.1 Å². The number of nitrogens with one attached hydrogen (secondary N) is 5. The van der Waals surface area contributed by atoms with Gasteiger partial charge in [-0.15, -0.1) is 11.3 Å². The minimum absolute atomic E-state index is 0.904. The second-order valence-corrected chi connectivity index (χ2v) is 10.3. The Bertz CT molecular complexity index is 1230. The maximum absolute atomic E-state index is 4.44. The lowest BCUT2D eigenvalue weighted by molar-refractivity contribution is 0.949. The number of aromatic nitrogens is 1. The quantitative estimate of drug-likeness (QED) is 0.161. The molecule has 0 aliphatic carbocycles. The van der Waals surface area contributed by atoms with E-state index in [2.05, 4.69) is 74.2 Å². The molecule has 1 fully saturated rings. The number of hydrazine groups is 2. The molecule has 4 aromatic rings. The van der Waals surface area contributed by atoms with Crippen molar-refractivity contribution >= 4 is 60.6 Å². The summed E-state index contributed by atoms with van der Waals surface area (Å²) in [5, 5.41) is 8.72. The van der Waals surface area contributed by atoms with Gasteiger partial charge in [-0.1, -0.05) is 11.3 Å².